The van der Waals surface area contributed by atoms with E-state index in [9.17, 15) is 4.79 Å². The number of ether oxygens (including phenoxy) is 1. The van der Waals surface area contributed by atoms with Gasteiger partial charge in [0.15, 0.2) is 0 Å². The van der Waals surface area contributed by atoms with Gasteiger partial charge in [-0.3, -0.25) is 4.79 Å². The molecule has 19 heavy (non-hydrogen) atoms. The van der Waals surface area contributed by atoms with Crippen molar-refractivity contribution in [3.05, 3.63) is 71.8 Å². The molecule has 0 saturated carbocycles. The van der Waals surface area contributed by atoms with Gasteiger partial charge in [0.05, 0.1) is 0 Å². The van der Waals surface area contributed by atoms with Crippen LogP contribution in [-0.4, -0.2) is 5.91 Å². The molecule has 2 rings (SSSR count). The van der Waals surface area contributed by atoms with Crippen LogP contribution in [0.1, 0.15) is 11.1 Å². The average molecular weight is 253 g/mol. The van der Waals surface area contributed by atoms with Gasteiger partial charge in [-0.2, -0.15) is 0 Å². The maximum absolute atomic E-state index is 10.8. The highest BCUT2D eigenvalue weighted by Crippen LogP contribution is 2.20. The number of para-hydroxylation sites is 1. The lowest BCUT2D eigenvalue weighted by molar-refractivity contribution is -0.113. The zero-order chi connectivity index (χ0) is 13.5. The van der Waals surface area contributed by atoms with Crippen molar-refractivity contribution >= 4 is 12.0 Å². The monoisotopic (exact) mass is 253 g/mol. The highest BCUT2D eigenvalue weighted by Gasteiger charge is 2.00. The standard InChI is InChI=1S/C16H15NO2/c17-16(18)11-10-14-8-4-5-9-15(14)19-12-13-6-2-1-3-7-13/h1-11H,12H2,(H2,17,18)/b11-10+. The lowest BCUT2D eigenvalue weighted by Gasteiger charge is -2.09. The summed E-state index contributed by atoms with van der Waals surface area (Å²) in [7, 11) is 0. The van der Waals surface area contributed by atoms with Gasteiger partial charge in [0.2, 0.25) is 5.91 Å². The molecule has 0 bridgehead atoms. The molecule has 0 aliphatic rings. The van der Waals surface area contributed by atoms with Crippen LogP contribution in [0.4, 0.5) is 0 Å². The van der Waals surface area contributed by atoms with E-state index < -0.39 is 5.91 Å². The Morgan fingerprint density at radius 3 is 2.47 bits per heavy atom. The zero-order valence-electron chi connectivity index (χ0n) is 10.5. The molecule has 2 N–H and O–H groups in total. The van der Waals surface area contributed by atoms with Crippen molar-refractivity contribution in [2.45, 2.75) is 6.61 Å². The normalized spacial score (nSPS) is 10.5. The van der Waals surface area contributed by atoms with Crippen LogP contribution in [0.15, 0.2) is 60.7 Å². The predicted octanol–water partition coefficient (Wildman–Crippen LogP) is 2.76. The minimum atomic E-state index is -0.474. The van der Waals surface area contributed by atoms with E-state index in [0.717, 1.165) is 16.9 Å². The Labute approximate surface area is 112 Å². The van der Waals surface area contributed by atoms with E-state index in [0.29, 0.717) is 6.61 Å². The van der Waals surface area contributed by atoms with Crippen molar-refractivity contribution in [3.63, 3.8) is 0 Å². The second-order valence-electron chi connectivity index (χ2n) is 4.05. The first-order valence-electron chi connectivity index (χ1n) is 5.99. The fraction of sp³-hybridized carbons (Fsp3) is 0.0625. The van der Waals surface area contributed by atoms with Gasteiger partial charge in [-0.1, -0.05) is 48.5 Å². The Morgan fingerprint density at radius 1 is 1.05 bits per heavy atom. The first-order valence-corrected chi connectivity index (χ1v) is 5.99. The number of benzene rings is 2. The summed E-state index contributed by atoms with van der Waals surface area (Å²) in [6.07, 6.45) is 2.98. The number of carbonyl (C=O) groups is 1. The van der Waals surface area contributed by atoms with E-state index in [4.69, 9.17) is 10.5 Å². The quantitative estimate of drug-likeness (QED) is 0.833. The number of hydrogen-bond donors (Lipinski definition) is 1. The van der Waals surface area contributed by atoms with E-state index in [1.165, 1.54) is 6.08 Å². The molecule has 0 atom stereocenters. The van der Waals surface area contributed by atoms with Crippen LogP contribution in [-0.2, 0) is 11.4 Å². The first kappa shape index (κ1) is 12.9. The molecule has 0 aliphatic heterocycles. The molecule has 0 aromatic heterocycles. The van der Waals surface area contributed by atoms with Crippen LogP contribution in [0.2, 0.25) is 0 Å². The fourth-order valence-electron chi connectivity index (χ4n) is 1.66. The molecule has 1 amide bonds. The molecule has 0 saturated heterocycles. The molecule has 0 fully saturated rings. The van der Waals surface area contributed by atoms with Gasteiger partial charge >= 0.3 is 0 Å². The fourth-order valence-corrected chi connectivity index (χ4v) is 1.66. The summed E-state index contributed by atoms with van der Waals surface area (Å²) >= 11 is 0. The number of hydrogen-bond acceptors (Lipinski definition) is 2. The van der Waals surface area contributed by atoms with E-state index in [1.807, 2.05) is 54.6 Å². The van der Waals surface area contributed by atoms with Crippen LogP contribution in [0.5, 0.6) is 5.75 Å². The van der Waals surface area contributed by atoms with Crippen LogP contribution >= 0.6 is 0 Å². The largest absolute Gasteiger partial charge is 0.488 e. The van der Waals surface area contributed by atoms with Crippen molar-refractivity contribution in [2.75, 3.05) is 0 Å². The van der Waals surface area contributed by atoms with Gasteiger partial charge in [-0.15, -0.1) is 0 Å². The van der Waals surface area contributed by atoms with Crippen molar-refractivity contribution < 1.29 is 9.53 Å². The average Bonchev–Trinajstić information content (AvgIpc) is 2.45. The van der Waals surface area contributed by atoms with Gasteiger partial charge in [-0.05, 0) is 17.7 Å². The van der Waals surface area contributed by atoms with Gasteiger partial charge in [0.1, 0.15) is 12.4 Å². The van der Waals surface area contributed by atoms with Crippen molar-refractivity contribution in [1.82, 2.24) is 0 Å². The Kier molecular flexibility index (Phi) is 4.34. The molecule has 3 nitrogen and oxygen atoms in total. The molecule has 2 aromatic rings. The van der Waals surface area contributed by atoms with Crippen LogP contribution < -0.4 is 10.5 Å². The van der Waals surface area contributed by atoms with Crippen LogP contribution in [0, 0.1) is 0 Å². The molecular formula is C16H15NO2. The maximum atomic E-state index is 10.8. The number of carbonyl (C=O) groups excluding carboxylic acids is 1. The summed E-state index contributed by atoms with van der Waals surface area (Å²) in [5.41, 5.74) is 7.01. The third kappa shape index (κ3) is 4.00. The summed E-state index contributed by atoms with van der Waals surface area (Å²) in [5.74, 6) is 0.252. The number of nitrogens with two attached hydrogens (primary N) is 1. The Morgan fingerprint density at radius 2 is 1.74 bits per heavy atom. The summed E-state index contributed by atoms with van der Waals surface area (Å²) in [5, 5.41) is 0. The maximum Gasteiger partial charge on any atom is 0.241 e. The van der Waals surface area contributed by atoms with Crippen molar-refractivity contribution in [1.29, 1.82) is 0 Å². The van der Waals surface area contributed by atoms with E-state index in [2.05, 4.69) is 0 Å². The van der Waals surface area contributed by atoms with Gasteiger partial charge in [0.25, 0.3) is 0 Å². The highest BCUT2D eigenvalue weighted by molar-refractivity contribution is 5.90. The topological polar surface area (TPSA) is 52.3 Å². The lowest BCUT2D eigenvalue weighted by Crippen LogP contribution is -2.05. The predicted molar refractivity (Wildman–Crippen MR) is 75.4 cm³/mol. The Hall–Kier alpha value is -2.55. The second-order valence-corrected chi connectivity index (χ2v) is 4.05. The molecule has 96 valence electrons. The summed E-state index contributed by atoms with van der Waals surface area (Å²) < 4.78 is 5.75. The molecule has 0 unspecified atom stereocenters. The minimum absolute atomic E-state index is 0.474. The highest BCUT2D eigenvalue weighted by atomic mass is 16.5. The molecule has 0 spiro atoms. The summed E-state index contributed by atoms with van der Waals surface area (Å²) in [6, 6.07) is 17.4. The second kappa shape index (κ2) is 6.40. The third-order valence-corrected chi connectivity index (χ3v) is 2.58. The Balaban J connectivity index is 2.10. The Bertz CT molecular complexity index is 576. The summed E-state index contributed by atoms with van der Waals surface area (Å²) in [4.78, 5) is 10.8. The number of primary amides is 1. The zero-order valence-corrected chi connectivity index (χ0v) is 10.5. The van der Waals surface area contributed by atoms with Gasteiger partial charge < -0.3 is 10.5 Å². The van der Waals surface area contributed by atoms with E-state index >= 15 is 0 Å². The number of rotatable bonds is 5. The third-order valence-electron chi connectivity index (χ3n) is 2.58. The number of amides is 1. The van der Waals surface area contributed by atoms with Crippen LogP contribution in [0.25, 0.3) is 6.08 Å². The molecule has 3 heteroatoms. The van der Waals surface area contributed by atoms with Crippen molar-refractivity contribution in [2.24, 2.45) is 5.73 Å². The smallest absolute Gasteiger partial charge is 0.241 e. The molecule has 0 aliphatic carbocycles. The van der Waals surface area contributed by atoms with Gasteiger partial charge in [-0.25, -0.2) is 0 Å². The van der Waals surface area contributed by atoms with E-state index in [-0.39, 0.29) is 0 Å². The van der Waals surface area contributed by atoms with Crippen molar-refractivity contribution in [3.8, 4) is 5.75 Å². The first-order chi connectivity index (χ1) is 9.25. The molecule has 0 heterocycles. The summed E-state index contributed by atoms with van der Waals surface area (Å²) in [6.45, 7) is 0.488. The minimum Gasteiger partial charge on any atom is -0.488 e. The molecular weight excluding hydrogens is 238 g/mol. The molecule has 2 aromatic carbocycles. The van der Waals surface area contributed by atoms with E-state index in [1.54, 1.807) is 6.08 Å². The lowest BCUT2D eigenvalue weighted by atomic mass is 10.2. The van der Waals surface area contributed by atoms with Gasteiger partial charge in [0, 0.05) is 11.6 Å². The molecule has 0 radical (unpaired) electrons. The van der Waals surface area contributed by atoms with Crippen LogP contribution in [0.3, 0.4) is 0 Å². The SMILES string of the molecule is NC(=O)/C=C/c1ccccc1OCc1ccccc1.